The monoisotopic (exact) mass is 319 g/mol. The Bertz CT molecular complexity index is 634. The molecule has 0 heterocycles. The van der Waals surface area contributed by atoms with Crippen molar-refractivity contribution in [2.45, 2.75) is 13.8 Å². The molecule has 0 unspecified atom stereocenters. The summed E-state index contributed by atoms with van der Waals surface area (Å²) in [6.07, 6.45) is -0.687. The number of carbonyl (C=O) groups is 1. The summed E-state index contributed by atoms with van der Waals surface area (Å²) in [5.74, 6) is -0.181. The molecule has 0 aliphatic carbocycles. The van der Waals surface area contributed by atoms with E-state index < -0.39 is 11.9 Å². The van der Waals surface area contributed by atoms with E-state index >= 15 is 0 Å². The molecule has 1 N–H and O–H groups in total. The molecular weight excluding hydrogens is 301 g/mol. The van der Waals surface area contributed by atoms with Gasteiger partial charge in [-0.15, -0.1) is 0 Å². The second kappa shape index (κ2) is 8.03. The molecule has 23 heavy (non-hydrogen) atoms. The number of hydrogen-bond donors (Lipinski definition) is 1. The van der Waals surface area contributed by atoms with Crippen LogP contribution in [-0.4, -0.2) is 19.3 Å². The minimum absolute atomic E-state index is 0.00783. The second-order valence-electron chi connectivity index (χ2n) is 4.48. The number of halogens is 1. The van der Waals surface area contributed by atoms with E-state index in [1.165, 1.54) is 12.1 Å². The van der Waals surface area contributed by atoms with Crippen LogP contribution in [-0.2, 0) is 0 Å². The van der Waals surface area contributed by atoms with Gasteiger partial charge in [-0.05, 0) is 26.0 Å². The van der Waals surface area contributed by atoms with Gasteiger partial charge in [-0.1, -0.05) is 18.2 Å². The van der Waals surface area contributed by atoms with Crippen molar-refractivity contribution in [1.29, 1.82) is 0 Å². The Kier molecular flexibility index (Phi) is 5.80. The van der Waals surface area contributed by atoms with E-state index in [0.29, 0.717) is 24.7 Å². The van der Waals surface area contributed by atoms with Crippen molar-refractivity contribution in [3.8, 4) is 17.2 Å². The zero-order valence-electron chi connectivity index (χ0n) is 13.0. The van der Waals surface area contributed by atoms with Crippen LogP contribution >= 0.6 is 0 Å². The van der Waals surface area contributed by atoms with Gasteiger partial charge in [0.1, 0.15) is 5.75 Å². The Hall–Kier alpha value is -2.76. The van der Waals surface area contributed by atoms with E-state index in [9.17, 15) is 9.18 Å². The van der Waals surface area contributed by atoms with Crippen LogP contribution in [0.5, 0.6) is 17.2 Å². The number of anilines is 1. The summed E-state index contributed by atoms with van der Waals surface area (Å²) in [6.45, 7) is 4.06. The molecule has 0 atom stereocenters. The van der Waals surface area contributed by atoms with E-state index in [1.807, 2.05) is 6.07 Å². The fraction of sp³-hybridized carbons (Fsp3) is 0.235. The minimum atomic E-state index is -0.687. The molecule has 0 spiro atoms. The normalized spacial score (nSPS) is 10.0. The van der Waals surface area contributed by atoms with E-state index in [1.54, 1.807) is 38.1 Å². The molecular formula is C17H18FNO4. The lowest BCUT2D eigenvalue weighted by Gasteiger charge is -2.13. The maximum absolute atomic E-state index is 14.1. The zero-order valence-corrected chi connectivity index (χ0v) is 13.0. The second-order valence-corrected chi connectivity index (χ2v) is 4.48. The molecule has 0 saturated heterocycles. The molecule has 0 aromatic heterocycles. The number of rotatable bonds is 6. The van der Waals surface area contributed by atoms with Gasteiger partial charge < -0.3 is 14.2 Å². The Morgan fingerprint density at radius 2 is 1.61 bits per heavy atom. The van der Waals surface area contributed by atoms with Gasteiger partial charge in [0, 0.05) is 12.1 Å². The van der Waals surface area contributed by atoms with Crippen molar-refractivity contribution in [3.63, 3.8) is 0 Å². The number of carbonyl (C=O) groups excluding carboxylic acids is 1. The Balaban J connectivity index is 2.16. The predicted molar refractivity (Wildman–Crippen MR) is 84.8 cm³/mol. The molecule has 0 aliphatic rings. The summed E-state index contributed by atoms with van der Waals surface area (Å²) < 4.78 is 29.7. The van der Waals surface area contributed by atoms with Gasteiger partial charge in [0.25, 0.3) is 0 Å². The summed E-state index contributed by atoms with van der Waals surface area (Å²) in [4.78, 5) is 11.9. The van der Waals surface area contributed by atoms with E-state index in [4.69, 9.17) is 14.2 Å². The van der Waals surface area contributed by atoms with Crippen molar-refractivity contribution >= 4 is 11.8 Å². The van der Waals surface area contributed by atoms with Crippen LogP contribution in [0.4, 0.5) is 14.9 Å². The lowest BCUT2D eigenvalue weighted by molar-refractivity contribution is 0.215. The van der Waals surface area contributed by atoms with E-state index in [2.05, 4.69) is 5.32 Å². The first kappa shape index (κ1) is 16.6. The van der Waals surface area contributed by atoms with Crippen LogP contribution in [0.25, 0.3) is 0 Å². The molecule has 122 valence electrons. The fourth-order valence-corrected chi connectivity index (χ4v) is 1.90. The zero-order chi connectivity index (χ0) is 16.7. The molecule has 6 heteroatoms. The fourth-order valence-electron chi connectivity index (χ4n) is 1.90. The summed E-state index contributed by atoms with van der Waals surface area (Å²) in [5, 5.41) is 2.53. The quantitative estimate of drug-likeness (QED) is 0.865. The Labute approximate surface area is 134 Å². The highest BCUT2D eigenvalue weighted by Gasteiger charge is 2.15. The SMILES string of the molecule is CCOc1cc(NC(=O)Oc2ccccc2)cc(OCC)c1F. The van der Waals surface area contributed by atoms with Crippen LogP contribution < -0.4 is 19.5 Å². The molecule has 2 rings (SSSR count). The van der Waals surface area contributed by atoms with Crippen molar-refractivity contribution in [3.05, 3.63) is 48.3 Å². The number of ether oxygens (including phenoxy) is 3. The number of hydrogen-bond acceptors (Lipinski definition) is 4. The molecule has 1 amide bonds. The van der Waals surface area contributed by atoms with Gasteiger partial charge in [0.15, 0.2) is 11.5 Å². The number of benzene rings is 2. The molecule has 0 saturated carbocycles. The summed E-state index contributed by atoms with van der Waals surface area (Å²) >= 11 is 0. The topological polar surface area (TPSA) is 56.8 Å². The molecule has 0 fully saturated rings. The summed E-state index contributed by atoms with van der Waals surface area (Å²) in [7, 11) is 0. The minimum Gasteiger partial charge on any atom is -0.491 e. The number of para-hydroxylation sites is 1. The van der Waals surface area contributed by atoms with Gasteiger partial charge in [0.2, 0.25) is 5.82 Å². The Morgan fingerprint density at radius 3 is 2.13 bits per heavy atom. The van der Waals surface area contributed by atoms with Crippen molar-refractivity contribution in [2.24, 2.45) is 0 Å². The third-order valence-corrected chi connectivity index (χ3v) is 2.81. The number of nitrogens with one attached hydrogen (secondary N) is 1. The van der Waals surface area contributed by atoms with E-state index in [0.717, 1.165) is 0 Å². The van der Waals surface area contributed by atoms with Crippen LogP contribution in [0.1, 0.15) is 13.8 Å². The molecule has 2 aromatic carbocycles. The molecule has 0 radical (unpaired) electrons. The van der Waals surface area contributed by atoms with Crippen molar-refractivity contribution in [1.82, 2.24) is 0 Å². The highest BCUT2D eigenvalue weighted by atomic mass is 19.1. The van der Waals surface area contributed by atoms with Crippen LogP contribution in [0.2, 0.25) is 0 Å². The Morgan fingerprint density at radius 1 is 1.04 bits per heavy atom. The third-order valence-electron chi connectivity index (χ3n) is 2.81. The first-order valence-corrected chi connectivity index (χ1v) is 7.27. The first-order valence-electron chi connectivity index (χ1n) is 7.27. The first-order chi connectivity index (χ1) is 11.1. The van der Waals surface area contributed by atoms with Crippen LogP contribution in [0.3, 0.4) is 0 Å². The lowest BCUT2D eigenvalue weighted by atomic mass is 10.2. The maximum atomic E-state index is 14.1. The van der Waals surface area contributed by atoms with E-state index in [-0.39, 0.29) is 11.5 Å². The average molecular weight is 319 g/mol. The van der Waals surface area contributed by atoms with Crippen LogP contribution in [0, 0.1) is 5.82 Å². The van der Waals surface area contributed by atoms with Crippen LogP contribution in [0.15, 0.2) is 42.5 Å². The summed E-state index contributed by atoms with van der Waals surface area (Å²) in [6, 6.07) is 11.4. The third kappa shape index (κ3) is 4.60. The predicted octanol–water partition coefficient (Wildman–Crippen LogP) is 4.23. The number of amides is 1. The highest BCUT2D eigenvalue weighted by molar-refractivity contribution is 5.87. The van der Waals surface area contributed by atoms with Crippen molar-refractivity contribution in [2.75, 3.05) is 18.5 Å². The van der Waals surface area contributed by atoms with Gasteiger partial charge >= 0.3 is 6.09 Å². The van der Waals surface area contributed by atoms with Gasteiger partial charge in [-0.25, -0.2) is 4.79 Å². The van der Waals surface area contributed by atoms with Gasteiger partial charge in [0.05, 0.1) is 18.9 Å². The molecule has 2 aromatic rings. The van der Waals surface area contributed by atoms with Gasteiger partial charge in [-0.3, -0.25) is 5.32 Å². The smallest absolute Gasteiger partial charge is 0.417 e. The summed E-state index contributed by atoms with van der Waals surface area (Å²) in [5.41, 5.74) is 0.319. The van der Waals surface area contributed by atoms with Crippen molar-refractivity contribution < 1.29 is 23.4 Å². The largest absolute Gasteiger partial charge is 0.491 e. The highest BCUT2D eigenvalue weighted by Crippen LogP contribution is 2.31. The van der Waals surface area contributed by atoms with Gasteiger partial charge in [-0.2, -0.15) is 4.39 Å². The maximum Gasteiger partial charge on any atom is 0.417 e. The molecule has 5 nitrogen and oxygen atoms in total. The standard InChI is InChI=1S/C17H18FNO4/c1-3-21-14-10-12(11-15(16(14)18)22-4-2)19-17(20)23-13-8-6-5-7-9-13/h5-11H,3-4H2,1-2H3,(H,19,20). The molecule has 0 aliphatic heterocycles. The average Bonchev–Trinajstić information content (AvgIpc) is 2.53. The molecule has 0 bridgehead atoms. The lowest BCUT2D eigenvalue weighted by Crippen LogP contribution is -2.17.